The lowest BCUT2D eigenvalue weighted by atomic mass is 10.0. The van der Waals surface area contributed by atoms with Crippen LogP contribution in [0.25, 0.3) is 0 Å². The van der Waals surface area contributed by atoms with E-state index in [0.717, 1.165) is 0 Å². The number of hydrogen-bond acceptors (Lipinski definition) is 6. The predicted molar refractivity (Wildman–Crippen MR) is 94.5 cm³/mol. The molecule has 1 N–H and O–H groups in total. The quantitative estimate of drug-likeness (QED) is 0.882. The van der Waals surface area contributed by atoms with Gasteiger partial charge < -0.3 is 19.3 Å². The molecule has 0 radical (unpaired) electrons. The van der Waals surface area contributed by atoms with Gasteiger partial charge in [-0.25, -0.2) is 8.42 Å². The van der Waals surface area contributed by atoms with Gasteiger partial charge in [-0.2, -0.15) is 0 Å². The van der Waals surface area contributed by atoms with Crippen LogP contribution >= 0.6 is 0 Å². The van der Waals surface area contributed by atoms with Crippen LogP contribution in [0.5, 0.6) is 17.2 Å². The number of nitrogens with zero attached hydrogens (tertiary/aromatic N) is 1. The molecule has 0 amide bonds. The Balaban J connectivity index is 1.78. The molecule has 0 spiro atoms. The maximum Gasteiger partial charge on any atom is 0.264 e. The number of aliphatic hydroxyl groups is 1. The van der Waals surface area contributed by atoms with Gasteiger partial charge >= 0.3 is 0 Å². The lowest BCUT2D eigenvalue weighted by Crippen LogP contribution is -2.36. The van der Waals surface area contributed by atoms with Crippen molar-refractivity contribution < 1.29 is 27.7 Å². The predicted octanol–water partition coefficient (Wildman–Crippen LogP) is 2.10. The summed E-state index contributed by atoms with van der Waals surface area (Å²) in [5.74, 6) is 1.48. The number of hydrogen-bond donors (Lipinski definition) is 1. The molecular weight excluding hydrogens is 358 g/mol. The fraction of sp³-hybridized carbons (Fsp3) is 0.333. The molecule has 2 aliphatic rings. The average molecular weight is 377 g/mol. The Kier molecular flexibility index (Phi) is 4.16. The van der Waals surface area contributed by atoms with Crippen LogP contribution in [0.1, 0.15) is 18.1 Å². The van der Waals surface area contributed by atoms with E-state index >= 15 is 0 Å². The van der Waals surface area contributed by atoms with E-state index in [9.17, 15) is 13.5 Å². The minimum Gasteiger partial charge on any atom is -0.497 e. The fourth-order valence-electron chi connectivity index (χ4n) is 3.22. The number of methoxy groups -OCH3 is 1. The zero-order valence-corrected chi connectivity index (χ0v) is 15.0. The Hall–Kier alpha value is -2.45. The molecule has 8 heteroatoms. The van der Waals surface area contributed by atoms with Crippen LogP contribution < -0.4 is 18.5 Å². The lowest BCUT2D eigenvalue weighted by Gasteiger charge is -2.33. The number of benzene rings is 2. The normalized spacial score (nSPS) is 19.0. The van der Waals surface area contributed by atoms with E-state index < -0.39 is 16.1 Å². The van der Waals surface area contributed by atoms with Crippen molar-refractivity contribution >= 4 is 15.7 Å². The van der Waals surface area contributed by atoms with Crippen molar-refractivity contribution in [2.45, 2.75) is 17.4 Å². The zero-order chi connectivity index (χ0) is 18.3. The Morgan fingerprint density at radius 1 is 1.12 bits per heavy atom. The second-order valence-electron chi connectivity index (χ2n) is 6.11. The minimum absolute atomic E-state index is 0.118. The lowest BCUT2D eigenvalue weighted by molar-refractivity contribution is 0.166. The third-order valence-electron chi connectivity index (χ3n) is 4.57. The van der Waals surface area contributed by atoms with Gasteiger partial charge in [-0.3, -0.25) is 4.31 Å². The van der Waals surface area contributed by atoms with Gasteiger partial charge in [0.25, 0.3) is 10.0 Å². The zero-order valence-electron chi connectivity index (χ0n) is 14.2. The van der Waals surface area contributed by atoms with Crippen molar-refractivity contribution in [3.63, 3.8) is 0 Å². The van der Waals surface area contributed by atoms with E-state index in [4.69, 9.17) is 14.2 Å². The van der Waals surface area contributed by atoms with Gasteiger partial charge in [0.15, 0.2) is 11.5 Å². The Labute approximate surface area is 151 Å². The smallest absolute Gasteiger partial charge is 0.264 e. The summed E-state index contributed by atoms with van der Waals surface area (Å²) >= 11 is 0. The second-order valence-corrected chi connectivity index (χ2v) is 7.97. The van der Waals surface area contributed by atoms with Crippen LogP contribution in [0.4, 0.5) is 5.69 Å². The maximum absolute atomic E-state index is 13.2. The van der Waals surface area contributed by atoms with E-state index in [-0.39, 0.29) is 11.4 Å². The summed E-state index contributed by atoms with van der Waals surface area (Å²) in [4.78, 5) is 0.118. The van der Waals surface area contributed by atoms with E-state index in [1.807, 2.05) is 0 Å². The molecule has 7 nitrogen and oxygen atoms in total. The third kappa shape index (κ3) is 2.75. The van der Waals surface area contributed by atoms with Gasteiger partial charge in [0.05, 0.1) is 23.8 Å². The highest BCUT2D eigenvalue weighted by molar-refractivity contribution is 7.92. The van der Waals surface area contributed by atoms with Crippen LogP contribution in [-0.4, -0.2) is 40.4 Å². The van der Waals surface area contributed by atoms with E-state index in [0.29, 0.717) is 48.1 Å². The summed E-state index contributed by atoms with van der Waals surface area (Å²) in [7, 11) is -2.31. The van der Waals surface area contributed by atoms with Crippen molar-refractivity contribution in [1.82, 2.24) is 0 Å². The molecule has 2 heterocycles. The second kappa shape index (κ2) is 6.37. The average Bonchev–Trinajstić information content (AvgIpc) is 2.67. The minimum atomic E-state index is -3.83. The summed E-state index contributed by atoms with van der Waals surface area (Å²) in [5.41, 5.74) is 0.996. The molecule has 0 fully saturated rings. The molecular formula is C18H19NO6S. The first-order valence-corrected chi connectivity index (χ1v) is 9.73. The van der Waals surface area contributed by atoms with Crippen molar-refractivity contribution in [1.29, 1.82) is 0 Å². The molecule has 0 saturated carbocycles. The first-order chi connectivity index (χ1) is 12.5. The highest BCUT2D eigenvalue weighted by Gasteiger charge is 2.33. The Morgan fingerprint density at radius 2 is 1.88 bits per heavy atom. The van der Waals surface area contributed by atoms with E-state index in [1.54, 1.807) is 24.3 Å². The van der Waals surface area contributed by atoms with Gasteiger partial charge in [-0.15, -0.1) is 0 Å². The van der Waals surface area contributed by atoms with Gasteiger partial charge in [-0.05, 0) is 24.6 Å². The maximum atomic E-state index is 13.2. The van der Waals surface area contributed by atoms with Gasteiger partial charge in [-0.1, -0.05) is 6.07 Å². The SMILES string of the molecule is COc1ccc2c(c1)N(S(=O)(=O)c1ccc3c(c1)OCCO3)CCC2O. The molecule has 2 aromatic carbocycles. The van der Waals surface area contributed by atoms with Crippen LogP contribution in [0.2, 0.25) is 0 Å². The molecule has 0 aliphatic carbocycles. The molecule has 0 bridgehead atoms. The Morgan fingerprint density at radius 3 is 2.65 bits per heavy atom. The Bertz CT molecular complexity index is 943. The van der Waals surface area contributed by atoms with Gasteiger partial charge in [0.2, 0.25) is 0 Å². The van der Waals surface area contributed by atoms with Gasteiger partial charge in [0, 0.05) is 24.2 Å². The van der Waals surface area contributed by atoms with Crippen LogP contribution in [-0.2, 0) is 10.0 Å². The third-order valence-corrected chi connectivity index (χ3v) is 6.38. The van der Waals surface area contributed by atoms with Crippen LogP contribution in [0.3, 0.4) is 0 Å². The number of sulfonamides is 1. The highest BCUT2D eigenvalue weighted by atomic mass is 32.2. The van der Waals surface area contributed by atoms with Crippen LogP contribution in [0.15, 0.2) is 41.3 Å². The van der Waals surface area contributed by atoms with Crippen molar-refractivity contribution in [3.8, 4) is 17.2 Å². The molecule has 2 aliphatic heterocycles. The first-order valence-electron chi connectivity index (χ1n) is 8.29. The standard InChI is InChI=1S/C18H19NO6S/c1-23-12-2-4-14-15(10-12)19(7-6-16(14)20)26(21,22)13-3-5-17-18(11-13)25-9-8-24-17/h2-5,10-11,16,20H,6-9H2,1H3. The monoisotopic (exact) mass is 377 g/mol. The number of rotatable bonds is 3. The molecule has 0 saturated heterocycles. The van der Waals surface area contributed by atoms with Crippen molar-refractivity contribution in [2.75, 3.05) is 31.2 Å². The number of ether oxygens (including phenoxy) is 3. The van der Waals surface area contributed by atoms with Crippen LogP contribution in [0, 0.1) is 0 Å². The van der Waals surface area contributed by atoms with Crippen molar-refractivity contribution in [2.24, 2.45) is 0 Å². The molecule has 4 rings (SSSR count). The first kappa shape index (κ1) is 17.0. The molecule has 138 valence electrons. The summed E-state index contributed by atoms with van der Waals surface area (Å²) in [5, 5.41) is 10.2. The fourth-order valence-corrected chi connectivity index (χ4v) is 4.74. The molecule has 1 atom stereocenters. The summed E-state index contributed by atoms with van der Waals surface area (Å²) in [6.45, 7) is 1.00. The van der Waals surface area contributed by atoms with E-state index in [2.05, 4.69) is 0 Å². The summed E-state index contributed by atoms with van der Waals surface area (Å²) < 4.78 is 44.0. The largest absolute Gasteiger partial charge is 0.497 e. The number of aliphatic hydroxyl groups excluding tert-OH is 1. The highest BCUT2D eigenvalue weighted by Crippen LogP contribution is 2.40. The van der Waals surface area contributed by atoms with Gasteiger partial charge in [0.1, 0.15) is 19.0 Å². The molecule has 0 aromatic heterocycles. The molecule has 2 aromatic rings. The van der Waals surface area contributed by atoms with Crippen molar-refractivity contribution in [3.05, 3.63) is 42.0 Å². The van der Waals surface area contributed by atoms with E-state index in [1.165, 1.54) is 23.5 Å². The number of fused-ring (bicyclic) bond motifs is 2. The number of anilines is 1. The molecule has 1 unspecified atom stereocenters. The summed E-state index contributed by atoms with van der Waals surface area (Å²) in [6, 6.07) is 9.63. The molecule has 26 heavy (non-hydrogen) atoms. The topological polar surface area (TPSA) is 85.3 Å². The summed E-state index contributed by atoms with van der Waals surface area (Å²) in [6.07, 6.45) is -0.383.